The van der Waals surface area contributed by atoms with E-state index in [9.17, 15) is 9.59 Å². The van der Waals surface area contributed by atoms with E-state index in [-0.39, 0.29) is 18.4 Å². The highest BCUT2D eigenvalue weighted by Crippen LogP contribution is 2.19. The number of hydrogen-bond donors (Lipinski definition) is 2. The van der Waals surface area contributed by atoms with Crippen LogP contribution in [0.2, 0.25) is 0 Å². The first-order valence-electron chi connectivity index (χ1n) is 5.88. The minimum absolute atomic E-state index is 0.0584. The second kappa shape index (κ2) is 6.35. The standard InChI is InChI=1S/C11H20N2O3/c1-2-5-12-11(16)13-6-3-4-9(8-13)7-10(14)15/h9H,2-8H2,1H3,(H,12,16)(H,14,15). The van der Waals surface area contributed by atoms with E-state index >= 15 is 0 Å². The van der Waals surface area contributed by atoms with Gasteiger partial charge in [-0.25, -0.2) is 4.79 Å². The average molecular weight is 228 g/mol. The van der Waals surface area contributed by atoms with Crippen molar-refractivity contribution in [2.45, 2.75) is 32.6 Å². The number of nitrogens with one attached hydrogen (secondary N) is 1. The predicted molar refractivity (Wildman–Crippen MR) is 60.2 cm³/mol. The van der Waals surface area contributed by atoms with Crippen molar-refractivity contribution in [3.63, 3.8) is 0 Å². The number of hydrogen-bond acceptors (Lipinski definition) is 2. The Hall–Kier alpha value is -1.26. The van der Waals surface area contributed by atoms with Crippen LogP contribution in [0.5, 0.6) is 0 Å². The van der Waals surface area contributed by atoms with Gasteiger partial charge in [0.2, 0.25) is 0 Å². The second-order valence-electron chi connectivity index (χ2n) is 4.28. The van der Waals surface area contributed by atoms with Crippen LogP contribution in [-0.2, 0) is 4.79 Å². The summed E-state index contributed by atoms with van der Waals surface area (Å²) in [4.78, 5) is 24.0. The molecule has 0 spiro atoms. The van der Waals surface area contributed by atoms with Gasteiger partial charge in [-0.05, 0) is 25.2 Å². The fourth-order valence-corrected chi connectivity index (χ4v) is 2.01. The maximum absolute atomic E-state index is 11.7. The predicted octanol–water partition coefficient (Wildman–Crippen LogP) is 1.29. The summed E-state index contributed by atoms with van der Waals surface area (Å²) < 4.78 is 0. The summed E-state index contributed by atoms with van der Waals surface area (Å²) in [6, 6.07) is -0.0584. The summed E-state index contributed by atoms with van der Waals surface area (Å²) in [5.41, 5.74) is 0. The first kappa shape index (κ1) is 12.8. The molecule has 92 valence electrons. The lowest BCUT2D eigenvalue weighted by Crippen LogP contribution is -2.46. The normalized spacial score (nSPS) is 20.6. The molecule has 5 nitrogen and oxygen atoms in total. The molecule has 16 heavy (non-hydrogen) atoms. The van der Waals surface area contributed by atoms with Gasteiger partial charge in [0.15, 0.2) is 0 Å². The summed E-state index contributed by atoms with van der Waals surface area (Å²) in [6.07, 6.45) is 2.89. The van der Waals surface area contributed by atoms with E-state index in [4.69, 9.17) is 5.11 Å². The maximum atomic E-state index is 11.7. The third-order valence-electron chi connectivity index (χ3n) is 2.80. The molecule has 0 aromatic carbocycles. The number of carboxylic acids is 1. The van der Waals surface area contributed by atoms with Crippen LogP contribution in [0.4, 0.5) is 4.79 Å². The van der Waals surface area contributed by atoms with Gasteiger partial charge in [0.25, 0.3) is 0 Å². The Morgan fingerprint density at radius 2 is 2.25 bits per heavy atom. The first-order valence-corrected chi connectivity index (χ1v) is 5.88. The van der Waals surface area contributed by atoms with Crippen LogP contribution in [0, 0.1) is 5.92 Å². The topological polar surface area (TPSA) is 69.6 Å². The van der Waals surface area contributed by atoms with Crippen LogP contribution < -0.4 is 5.32 Å². The number of carbonyl (C=O) groups excluding carboxylic acids is 1. The second-order valence-corrected chi connectivity index (χ2v) is 4.28. The van der Waals surface area contributed by atoms with Crippen molar-refractivity contribution in [1.29, 1.82) is 0 Å². The molecule has 1 aliphatic heterocycles. The zero-order valence-electron chi connectivity index (χ0n) is 9.74. The van der Waals surface area contributed by atoms with Gasteiger partial charge < -0.3 is 15.3 Å². The first-order chi connectivity index (χ1) is 7.63. The van der Waals surface area contributed by atoms with Gasteiger partial charge in [-0.1, -0.05) is 6.92 Å². The minimum Gasteiger partial charge on any atom is -0.481 e. The molecule has 1 unspecified atom stereocenters. The van der Waals surface area contributed by atoms with E-state index in [2.05, 4.69) is 5.32 Å². The smallest absolute Gasteiger partial charge is 0.317 e. The van der Waals surface area contributed by atoms with Crippen LogP contribution in [0.15, 0.2) is 0 Å². The fraction of sp³-hybridized carbons (Fsp3) is 0.818. The Bertz CT molecular complexity index is 256. The zero-order chi connectivity index (χ0) is 12.0. The molecule has 0 aliphatic carbocycles. The van der Waals surface area contributed by atoms with Crippen molar-refractivity contribution in [2.24, 2.45) is 5.92 Å². The Kier molecular flexibility index (Phi) is 5.08. The highest BCUT2D eigenvalue weighted by molar-refractivity contribution is 5.74. The van der Waals surface area contributed by atoms with Crippen molar-refractivity contribution in [3.8, 4) is 0 Å². The van der Waals surface area contributed by atoms with Crippen LogP contribution in [-0.4, -0.2) is 41.6 Å². The summed E-state index contributed by atoms with van der Waals surface area (Å²) in [5.74, 6) is -0.667. The number of rotatable bonds is 4. The molecule has 1 atom stereocenters. The van der Waals surface area contributed by atoms with E-state index < -0.39 is 5.97 Å². The quantitative estimate of drug-likeness (QED) is 0.761. The van der Waals surface area contributed by atoms with Crippen LogP contribution >= 0.6 is 0 Å². The van der Waals surface area contributed by atoms with Crippen LogP contribution in [0.25, 0.3) is 0 Å². The van der Waals surface area contributed by atoms with E-state index in [1.807, 2.05) is 6.92 Å². The number of piperidine rings is 1. The Morgan fingerprint density at radius 1 is 1.50 bits per heavy atom. The third kappa shape index (κ3) is 4.08. The molecule has 1 saturated heterocycles. The Morgan fingerprint density at radius 3 is 2.88 bits per heavy atom. The number of likely N-dealkylation sites (tertiary alicyclic amines) is 1. The molecule has 0 aromatic heterocycles. The molecule has 0 bridgehead atoms. The molecular weight excluding hydrogens is 208 g/mol. The summed E-state index contributed by atoms with van der Waals surface area (Å²) >= 11 is 0. The molecule has 1 heterocycles. The number of carboxylic acid groups (broad SMARTS) is 1. The molecule has 5 heteroatoms. The lowest BCUT2D eigenvalue weighted by molar-refractivity contribution is -0.138. The van der Waals surface area contributed by atoms with E-state index in [0.29, 0.717) is 13.1 Å². The molecule has 1 aliphatic rings. The number of carbonyl (C=O) groups is 2. The molecule has 2 amide bonds. The van der Waals surface area contributed by atoms with E-state index in [1.54, 1.807) is 4.90 Å². The Balaban J connectivity index is 2.37. The van der Waals surface area contributed by atoms with Crippen LogP contribution in [0.3, 0.4) is 0 Å². The fourth-order valence-electron chi connectivity index (χ4n) is 2.01. The number of amides is 2. The van der Waals surface area contributed by atoms with E-state index in [0.717, 1.165) is 25.8 Å². The van der Waals surface area contributed by atoms with Gasteiger partial charge in [0.1, 0.15) is 0 Å². The van der Waals surface area contributed by atoms with Gasteiger partial charge in [-0.3, -0.25) is 4.79 Å². The summed E-state index contributed by atoms with van der Waals surface area (Å²) in [7, 11) is 0. The number of aliphatic carboxylic acids is 1. The molecule has 1 fully saturated rings. The van der Waals surface area contributed by atoms with Gasteiger partial charge in [-0.15, -0.1) is 0 Å². The highest BCUT2D eigenvalue weighted by atomic mass is 16.4. The molecule has 2 N–H and O–H groups in total. The number of nitrogens with zero attached hydrogens (tertiary/aromatic N) is 1. The third-order valence-corrected chi connectivity index (χ3v) is 2.80. The molecule has 1 rings (SSSR count). The largest absolute Gasteiger partial charge is 0.481 e. The maximum Gasteiger partial charge on any atom is 0.317 e. The van der Waals surface area contributed by atoms with Gasteiger partial charge in [0.05, 0.1) is 0 Å². The van der Waals surface area contributed by atoms with Gasteiger partial charge >= 0.3 is 12.0 Å². The molecule has 0 aromatic rings. The van der Waals surface area contributed by atoms with Crippen molar-refractivity contribution >= 4 is 12.0 Å². The van der Waals surface area contributed by atoms with Gasteiger partial charge in [-0.2, -0.15) is 0 Å². The van der Waals surface area contributed by atoms with E-state index in [1.165, 1.54) is 0 Å². The van der Waals surface area contributed by atoms with Crippen molar-refractivity contribution in [2.75, 3.05) is 19.6 Å². The molecule has 0 saturated carbocycles. The molecule has 0 radical (unpaired) electrons. The van der Waals surface area contributed by atoms with Crippen molar-refractivity contribution < 1.29 is 14.7 Å². The zero-order valence-corrected chi connectivity index (χ0v) is 9.74. The summed E-state index contributed by atoms with van der Waals surface area (Å²) in [5, 5.41) is 11.5. The lowest BCUT2D eigenvalue weighted by atomic mass is 9.95. The average Bonchev–Trinajstić information content (AvgIpc) is 2.25. The van der Waals surface area contributed by atoms with Crippen LogP contribution in [0.1, 0.15) is 32.6 Å². The monoisotopic (exact) mass is 228 g/mol. The number of urea groups is 1. The van der Waals surface area contributed by atoms with Gasteiger partial charge in [0, 0.05) is 26.1 Å². The SMILES string of the molecule is CCCNC(=O)N1CCCC(CC(=O)O)C1. The summed E-state index contributed by atoms with van der Waals surface area (Å²) in [6.45, 7) is 4.00. The molecular formula is C11H20N2O3. The van der Waals surface area contributed by atoms with Crippen molar-refractivity contribution in [3.05, 3.63) is 0 Å². The Labute approximate surface area is 95.8 Å². The highest BCUT2D eigenvalue weighted by Gasteiger charge is 2.24. The lowest BCUT2D eigenvalue weighted by Gasteiger charge is -2.32. The minimum atomic E-state index is -0.777. The van der Waals surface area contributed by atoms with Crippen molar-refractivity contribution in [1.82, 2.24) is 10.2 Å².